The molecule has 5 heterocycles. The van der Waals surface area contributed by atoms with Gasteiger partial charge in [0.05, 0.1) is 55.4 Å². The molecule has 8 nitrogen and oxygen atoms in total. The summed E-state index contributed by atoms with van der Waals surface area (Å²) in [5.41, 5.74) is 7.89. The number of pyridine rings is 3. The van der Waals surface area contributed by atoms with Gasteiger partial charge in [0.2, 0.25) is 0 Å². The predicted molar refractivity (Wildman–Crippen MR) is 106 cm³/mol. The minimum absolute atomic E-state index is 0.124. The van der Waals surface area contributed by atoms with Crippen LogP contribution in [0, 0.1) is 0 Å². The van der Waals surface area contributed by atoms with Gasteiger partial charge < -0.3 is 20.1 Å². The van der Waals surface area contributed by atoms with Gasteiger partial charge in [0.15, 0.2) is 0 Å². The first-order valence-electron chi connectivity index (χ1n) is 9.89. The maximum Gasteiger partial charge on any atom is 0.417 e. The van der Waals surface area contributed by atoms with Gasteiger partial charge in [0, 0.05) is 23.7 Å². The Kier molecular flexibility index (Phi) is 4.94. The van der Waals surface area contributed by atoms with E-state index in [1.54, 1.807) is 6.07 Å². The van der Waals surface area contributed by atoms with E-state index in [1.165, 1.54) is 17.2 Å². The number of fused-ring (bicyclic) bond motifs is 3. The van der Waals surface area contributed by atoms with Crippen molar-refractivity contribution in [3.8, 4) is 0 Å². The molecule has 1 atom stereocenters. The third-order valence-electron chi connectivity index (χ3n) is 5.68. The molecular formula is C21H18F3N5O3. The van der Waals surface area contributed by atoms with Crippen LogP contribution < -0.4 is 5.73 Å². The van der Waals surface area contributed by atoms with E-state index >= 15 is 0 Å². The number of nitrogens with zero attached hydrogens (tertiary/aromatic N) is 4. The number of amides is 1. The van der Waals surface area contributed by atoms with Gasteiger partial charge in [-0.2, -0.15) is 13.2 Å². The molecule has 0 spiro atoms. The molecule has 2 N–H and O–H groups in total. The van der Waals surface area contributed by atoms with Crippen LogP contribution in [-0.4, -0.2) is 45.5 Å². The lowest BCUT2D eigenvalue weighted by Crippen LogP contribution is -2.44. The Morgan fingerprint density at radius 1 is 1.12 bits per heavy atom. The van der Waals surface area contributed by atoms with E-state index < -0.39 is 17.8 Å². The number of anilines is 1. The number of hydrogen-bond donors (Lipinski definition) is 1. The highest BCUT2D eigenvalue weighted by Gasteiger charge is 2.34. The summed E-state index contributed by atoms with van der Waals surface area (Å²) in [4.78, 5) is 27.4. The first-order chi connectivity index (χ1) is 15.3. The van der Waals surface area contributed by atoms with Gasteiger partial charge in [-0.25, -0.2) is 9.97 Å². The summed E-state index contributed by atoms with van der Waals surface area (Å²) in [5.74, 6) is 0.0129. The molecule has 2 aliphatic rings. The van der Waals surface area contributed by atoms with Crippen molar-refractivity contribution in [1.82, 2.24) is 19.9 Å². The molecule has 2 aliphatic heterocycles. The Morgan fingerprint density at radius 3 is 2.69 bits per heavy atom. The Labute approximate surface area is 180 Å². The van der Waals surface area contributed by atoms with Crippen LogP contribution in [-0.2, 0) is 28.9 Å². The molecule has 5 rings (SSSR count). The summed E-state index contributed by atoms with van der Waals surface area (Å²) in [7, 11) is 0. The Morgan fingerprint density at radius 2 is 1.94 bits per heavy atom. The van der Waals surface area contributed by atoms with E-state index in [4.69, 9.17) is 15.2 Å². The second-order valence-corrected chi connectivity index (χ2v) is 7.59. The van der Waals surface area contributed by atoms with Crippen molar-refractivity contribution in [2.75, 3.05) is 25.5 Å². The predicted octanol–water partition coefficient (Wildman–Crippen LogP) is 2.87. The third-order valence-corrected chi connectivity index (χ3v) is 5.68. The van der Waals surface area contributed by atoms with Crippen molar-refractivity contribution in [2.24, 2.45) is 0 Å². The van der Waals surface area contributed by atoms with Crippen molar-refractivity contribution in [3.63, 3.8) is 0 Å². The van der Waals surface area contributed by atoms with E-state index in [2.05, 4.69) is 15.0 Å². The second kappa shape index (κ2) is 7.68. The normalized spacial score (nSPS) is 18.7. The second-order valence-electron chi connectivity index (χ2n) is 7.59. The third kappa shape index (κ3) is 3.53. The van der Waals surface area contributed by atoms with Crippen LogP contribution in [0.3, 0.4) is 0 Å². The Hall–Kier alpha value is -3.31. The number of alkyl halides is 3. The molecule has 32 heavy (non-hydrogen) atoms. The molecule has 3 aromatic heterocycles. The number of rotatable bonds is 2. The van der Waals surface area contributed by atoms with Crippen LogP contribution in [0.15, 0.2) is 30.6 Å². The Balaban J connectivity index is 1.48. The molecule has 1 fully saturated rings. The van der Waals surface area contributed by atoms with Gasteiger partial charge in [0.25, 0.3) is 5.91 Å². The molecule has 0 aliphatic carbocycles. The van der Waals surface area contributed by atoms with Gasteiger partial charge >= 0.3 is 6.18 Å². The zero-order chi connectivity index (χ0) is 22.5. The zero-order valence-electron chi connectivity index (χ0n) is 16.7. The van der Waals surface area contributed by atoms with Gasteiger partial charge in [0.1, 0.15) is 11.5 Å². The van der Waals surface area contributed by atoms with Crippen molar-refractivity contribution in [2.45, 2.75) is 25.4 Å². The summed E-state index contributed by atoms with van der Waals surface area (Å²) in [6, 6.07) is 3.25. The van der Waals surface area contributed by atoms with Crippen LogP contribution in [0.4, 0.5) is 19.0 Å². The van der Waals surface area contributed by atoms with Crippen molar-refractivity contribution in [1.29, 1.82) is 0 Å². The van der Waals surface area contributed by atoms with E-state index in [0.29, 0.717) is 36.8 Å². The standard InChI is InChI=1S/C21H18F3N5O3/c22-21(23,24)11-1-2-15(26-6-11)18-10-31-4-3-29(18)20(30)16-5-12-13-8-32-9-14(13)19(25)28-17(12)7-27-16/h1-2,5-7,18H,3-4,8-10H2,(H2,25,28)/t18-/m1/s1. The SMILES string of the molecule is Nc1nc2cnc(C(=O)N3CCOC[C@@H]3c3ccc(C(F)(F)F)cn3)cc2c2c1COC2. The first kappa shape index (κ1) is 20.6. The maximum absolute atomic E-state index is 13.3. The highest BCUT2D eigenvalue weighted by molar-refractivity contribution is 5.97. The van der Waals surface area contributed by atoms with E-state index in [-0.39, 0.29) is 24.8 Å². The van der Waals surface area contributed by atoms with Crippen LogP contribution >= 0.6 is 0 Å². The fourth-order valence-electron chi connectivity index (χ4n) is 4.00. The maximum atomic E-state index is 13.3. The van der Waals surface area contributed by atoms with E-state index in [9.17, 15) is 18.0 Å². The number of carbonyl (C=O) groups excluding carboxylic acids is 1. The monoisotopic (exact) mass is 445 g/mol. The number of ether oxygens (including phenoxy) is 2. The summed E-state index contributed by atoms with van der Waals surface area (Å²) in [6.45, 7) is 1.41. The molecule has 1 saturated heterocycles. The number of aromatic nitrogens is 3. The van der Waals surface area contributed by atoms with Crippen molar-refractivity contribution in [3.05, 3.63) is 58.7 Å². The lowest BCUT2D eigenvalue weighted by atomic mass is 10.0. The highest BCUT2D eigenvalue weighted by atomic mass is 19.4. The van der Waals surface area contributed by atoms with Gasteiger partial charge in [-0.1, -0.05) is 0 Å². The van der Waals surface area contributed by atoms with E-state index in [1.807, 2.05) is 0 Å². The molecule has 166 valence electrons. The Bertz CT molecular complexity index is 1200. The number of halogens is 3. The van der Waals surface area contributed by atoms with Crippen LogP contribution in [0.25, 0.3) is 10.9 Å². The summed E-state index contributed by atoms with van der Waals surface area (Å²) < 4.78 is 49.6. The lowest BCUT2D eigenvalue weighted by Gasteiger charge is -2.35. The molecule has 0 bridgehead atoms. The number of nitrogens with two attached hydrogens (primary N) is 1. The van der Waals surface area contributed by atoms with E-state index in [0.717, 1.165) is 28.8 Å². The average Bonchev–Trinajstić information content (AvgIpc) is 3.29. The summed E-state index contributed by atoms with van der Waals surface area (Å²) in [5, 5.41) is 0.738. The van der Waals surface area contributed by atoms with Crippen molar-refractivity contribution >= 4 is 22.6 Å². The van der Waals surface area contributed by atoms with Crippen LogP contribution in [0.2, 0.25) is 0 Å². The smallest absolute Gasteiger partial charge is 0.383 e. The summed E-state index contributed by atoms with van der Waals surface area (Å²) >= 11 is 0. The fourth-order valence-corrected chi connectivity index (χ4v) is 4.00. The molecule has 0 saturated carbocycles. The lowest BCUT2D eigenvalue weighted by molar-refractivity contribution is -0.137. The zero-order valence-corrected chi connectivity index (χ0v) is 16.7. The molecule has 1 amide bonds. The van der Waals surface area contributed by atoms with Crippen molar-refractivity contribution < 1.29 is 27.4 Å². The molecule has 0 aromatic carbocycles. The average molecular weight is 445 g/mol. The highest BCUT2D eigenvalue weighted by Crippen LogP contribution is 2.33. The molecule has 0 radical (unpaired) electrons. The van der Waals surface area contributed by atoms with Gasteiger partial charge in [-0.3, -0.25) is 9.78 Å². The first-order valence-corrected chi connectivity index (χ1v) is 9.89. The molecule has 11 heteroatoms. The minimum Gasteiger partial charge on any atom is -0.383 e. The largest absolute Gasteiger partial charge is 0.417 e. The minimum atomic E-state index is -4.49. The molecule has 0 unspecified atom stereocenters. The molecule has 3 aromatic rings. The molecular weight excluding hydrogens is 427 g/mol. The number of nitrogen functional groups attached to an aromatic ring is 1. The van der Waals surface area contributed by atoms with Gasteiger partial charge in [-0.05, 0) is 23.8 Å². The summed E-state index contributed by atoms with van der Waals surface area (Å²) in [6.07, 6.45) is -2.23. The number of carbonyl (C=O) groups is 1. The quantitative estimate of drug-likeness (QED) is 0.647. The fraction of sp³-hybridized carbons (Fsp3) is 0.333. The topological polar surface area (TPSA) is 103 Å². The van der Waals surface area contributed by atoms with Crippen LogP contribution in [0.1, 0.15) is 38.9 Å². The number of hydrogen-bond acceptors (Lipinski definition) is 7. The van der Waals surface area contributed by atoms with Gasteiger partial charge in [-0.15, -0.1) is 0 Å². The number of morpholine rings is 1. The van der Waals surface area contributed by atoms with Crippen LogP contribution in [0.5, 0.6) is 0 Å².